The minimum absolute atomic E-state index is 0.332. The monoisotopic (exact) mass is 263 g/mol. The molecule has 0 amide bonds. The van der Waals surface area contributed by atoms with Gasteiger partial charge in [-0.3, -0.25) is 0 Å². The van der Waals surface area contributed by atoms with Gasteiger partial charge >= 0.3 is 0 Å². The Balaban J connectivity index is 2.22. The molecule has 3 rings (SSSR count). The standard InChI is InChI=1S/C14H18ClN3/c1-3-18-12-8-10(15)6-7-11(12)17-13(18)14(2,16)9-4-5-9/h6-9H,3-5,16H2,1-2H3. The van der Waals surface area contributed by atoms with E-state index in [0.29, 0.717) is 5.92 Å². The number of halogens is 1. The Labute approximate surface area is 112 Å². The van der Waals surface area contributed by atoms with Crippen molar-refractivity contribution in [3.05, 3.63) is 29.0 Å². The van der Waals surface area contributed by atoms with Crippen molar-refractivity contribution >= 4 is 22.6 Å². The topological polar surface area (TPSA) is 43.8 Å². The minimum atomic E-state index is -0.332. The van der Waals surface area contributed by atoms with E-state index in [-0.39, 0.29) is 5.54 Å². The van der Waals surface area contributed by atoms with Gasteiger partial charge in [0, 0.05) is 11.6 Å². The van der Waals surface area contributed by atoms with Crippen LogP contribution in [0.5, 0.6) is 0 Å². The number of aromatic nitrogens is 2. The van der Waals surface area contributed by atoms with Crippen molar-refractivity contribution in [3.8, 4) is 0 Å². The lowest BCUT2D eigenvalue weighted by atomic mass is 9.96. The van der Waals surface area contributed by atoms with E-state index in [1.165, 1.54) is 12.8 Å². The molecule has 3 nitrogen and oxygen atoms in total. The normalized spacial score (nSPS) is 19.1. The SMILES string of the molecule is CCn1c(C(C)(N)C2CC2)nc2ccc(Cl)cc21. The zero-order chi connectivity index (χ0) is 12.9. The molecule has 1 aromatic heterocycles. The summed E-state index contributed by atoms with van der Waals surface area (Å²) in [4.78, 5) is 4.74. The quantitative estimate of drug-likeness (QED) is 0.923. The van der Waals surface area contributed by atoms with Gasteiger partial charge in [-0.25, -0.2) is 4.98 Å². The van der Waals surface area contributed by atoms with Gasteiger partial charge in [-0.15, -0.1) is 0 Å². The van der Waals surface area contributed by atoms with Crippen molar-refractivity contribution in [1.82, 2.24) is 9.55 Å². The predicted molar refractivity (Wildman–Crippen MR) is 74.7 cm³/mol. The zero-order valence-corrected chi connectivity index (χ0v) is 11.5. The van der Waals surface area contributed by atoms with Crippen LogP contribution in [0.1, 0.15) is 32.5 Å². The molecule has 1 aromatic carbocycles. The Bertz CT molecular complexity index is 596. The molecule has 96 valence electrons. The molecule has 1 saturated carbocycles. The first-order valence-electron chi connectivity index (χ1n) is 6.49. The van der Waals surface area contributed by atoms with E-state index < -0.39 is 0 Å². The van der Waals surface area contributed by atoms with E-state index in [0.717, 1.165) is 28.4 Å². The van der Waals surface area contributed by atoms with Crippen molar-refractivity contribution in [1.29, 1.82) is 0 Å². The number of benzene rings is 1. The number of nitrogens with two attached hydrogens (primary N) is 1. The molecule has 4 heteroatoms. The second kappa shape index (κ2) is 3.97. The number of fused-ring (bicyclic) bond motifs is 1. The largest absolute Gasteiger partial charge is 0.327 e. The van der Waals surface area contributed by atoms with Gasteiger partial charge in [0.25, 0.3) is 0 Å². The van der Waals surface area contributed by atoms with Gasteiger partial charge in [0.1, 0.15) is 5.82 Å². The van der Waals surface area contributed by atoms with Gasteiger partial charge in [0.15, 0.2) is 0 Å². The van der Waals surface area contributed by atoms with Crippen LogP contribution in [0.25, 0.3) is 11.0 Å². The van der Waals surface area contributed by atoms with Crippen molar-refractivity contribution in [2.45, 2.75) is 38.8 Å². The highest BCUT2D eigenvalue weighted by Crippen LogP contribution is 2.44. The summed E-state index contributed by atoms with van der Waals surface area (Å²) < 4.78 is 2.19. The van der Waals surface area contributed by atoms with Gasteiger partial charge in [0.2, 0.25) is 0 Å². The summed E-state index contributed by atoms with van der Waals surface area (Å²) in [5, 5.41) is 0.744. The average Bonchev–Trinajstić information content (AvgIpc) is 3.11. The fraction of sp³-hybridized carbons (Fsp3) is 0.500. The Kier molecular flexibility index (Phi) is 2.65. The van der Waals surface area contributed by atoms with Gasteiger partial charge in [-0.1, -0.05) is 11.6 Å². The van der Waals surface area contributed by atoms with Gasteiger partial charge < -0.3 is 10.3 Å². The maximum absolute atomic E-state index is 6.51. The van der Waals surface area contributed by atoms with Crippen LogP contribution in [0.4, 0.5) is 0 Å². The van der Waals surface area contributed by atoms with Crippen LogP contribution in [0.3, 0.4) is 0 Å². The van der Waals surface area contributed by atoms with Gasteiger partial charge in [0.05, 0.1) is 16.6 Å². The van der Waals surface area contributed by atoms with Crippen LogP contribution in [0, 0.1) is 5.92 Å². The number of hydrogen-bond acceptors (Lipinski definition) is 2. The Morgan fingerprint density at radius 2 is 2.22 bits per heavy atom. The number of hydrogen-bond donors (Lipinski definition) is 1. The first kappa shape index (κ1) is 12.0. The van der Waals surface area contributed by atoms with Crippen LogP contribution < -0.4 is 5.73 Å². The third-order valence-corrected chi connectivity index (χ3v) is 4.17. The zero-order valence-electron chi connectivity index (χ0n) is 10.8. The molecule has 1 heterocycles. The molecule has 0 bridgehead atoms. The smallest absolute Gasteiger partial charge is 0.130 e. The lowest BCUT2D eigenvalue weighted by molar-refractivity contribution is 0.385. The molecule has 1 fully saturated rings. The van der Waals surface area contributed by atoms with Crippen molar-refractivity contribution in [2.75, 3.05) is 0 Å². The lowest BCUT2D eigenvalue weighted by Gasteiger charge is -2.24. The summed E-state index contributed by atoms with van der Waals surface area (Å²) >= 11 is 6.07. The first-order chi connectivity index (χ1) is 8.54. The van der Waals surface area contributed by atoms with E-state index >= 15 is 0 Å². The first-order valence-corrected chi connectivity index (χ1v) is 6.87. The summed E-state index contributed by atoms with van der Waals surface area (Å²) in [6.45, 7) is 5.08. The molecule has 0 radical (unpaired) electrons. The highest BCUT2D eigenvalue weighted by atomic mass is 35.5. The van der Waals surface area contributed by atoms with E-state index in [2.05, 4.69) is 18.4 Å². The number of rotatable bonds is 3. The highest BCUT2D eigenvalue weighted by Gasteiger charge is 2.42. The Morgan fingerprint density at radius 1 is 1.50 bits per heavy atom. The maximum atomic E-state index is 6.51. The van der Waals surface area contributed by atoms with Crippen LogP contribution in [0.2, 0.25) is 5.02 Å². The molecule has 2 N–H and O–H groups in total. The summed E-state index contributed by atoms with van der Waals surface area (Å²) in [6, 6.07) is 5.82. The van der Waals surface area contributed by atoms with E-state index in [9.17, 15) is 0 Å². The van der Waals surface area contributed by atoms with Gasteiger partial charge in [-0.05, 0) is 50.8 Å². The summed E-state index contributed by atoms with van der Waals surface area (Å²) in [7, 11) is 0. The molecule has 1 atom stereocenters. The van der Waals surface area contributed by atoms with E-state index in [4.69, 9.17) is 22.3 Å². The maximum Gasteiger partial charge on any atom is 0.130 e. The molecular formula is C14H18ClN3. The summed E-state index contributed by atoms with van der Waals surface area (Å²) in [5.41, 5.74) is 8.23. The third kappa shape index (κ3) is 1.73. The molecule has 1 aliphatic rings. The fourth-order valence-corrected chi connectivity index (χ4v) is 2.86. The highest BCUT2D eigenvalue weighted by molar-refractivity contribution is 6.31. The van der Waals surface area contributed by atoms with E-state index in [1.54, 1.807) is 0 Å². The molecule has 0 aliphatic heterocycles. The minimum Gasteiger partial charge on any atom is -0.327 e. The van der Waals surface area contributed by atoms with Crippen LogP contribution in [0.15, 0.2) is 18.2 Å². The predicted octanol–water partition coefficient (Wildman–Crippen LogP) is 3.29. The number of nitrogens with zero attached hydrogens (tertiary/aromatic N) is 2. The number of aryl methyl sites for hydroxylation is 1. The molecule has 0 saturated heterocycles. The van der Waals surface area contributed by atoms with E-state index in [1.807, 2.05) is 18.2 Å². The third-order valence-electron chi connectivity index (χ3n) is 3.93. The molecule has 18 heavy (non-hydrogen) atoms. The molecule has 2 aromatic rings. The second-order valence-corrected chi connectivity index (χ2v) is 5.81. The van der Waals surface area contributed by atoms with Crippen LogP contribution in [-0.4, -0.2) is 9.55 Å². The van der Waals surface area contributed by atoms with Crippen LogP contribution >= 0.6 is 11.6 Å². The molecule has 1 aliphatic carbocycles. The Hall–Kier alpha value is -1.06. The van der Waals surface area contributed by atoms with Crippen molar-refractivity contribution < 1.29 is 0 Å². The summed E-state index contributed by atoms with van der Waals surface area (Å²) in [5.74, 6) is 1.56. The second-order valence-electron chi connectivity index (χ2n) is 5.37. The lowest BCUT2D eigenvalue weighted by Crippen LogP contribution is -2.38. The van der Waals surface area contributed by atoms with Crippen molar-refractivity contribution in [3.63, 3.8) is 0 Å². The van der Waals surface area contributed by atoms with Crippen LogP contribution in [-0.2, 0) is 12.1 Å². The average molecular weight is 264 g/mol. The van der Waals surface area contributed by atoms with Gasteiger partial charge in [-0.2, -0.15) is 0 Å². The summed E-state index contributed by atoms with van der Waals surface area (Å²) in [6.07, 6.45) is 2.42. The fourth-order valence-electron chi connectivity index (χ4n) is 2.69. The van der Waals surface area contributed by atoms with Crippen molar-refractivity contribution in [2.24, 2.45) is 11.7 Å². The molecule has 1 unspecified atom stereocenters. The molecular weight excluding hydrogens is 246 g/mol. The number of imidazole rings is 1. The Morgan fingerprint density at radius 3 is 2.83 bits per heavy atom. The molecule has 0 spiro atoms.